The molecule has 0 radical (unpaired) electrons. The zero-order chi connectivity index (χ0) is 8.72. The Morgan fingerprint density at radius 1 is 1.58 bits per heavy atom. The maximum Gasteiger partial charge on any atom is 0.145 e. The monoisotopic (exact) mass is 166 g/mol. The van der Waals surface area contributed by atoms with Crippen LogP contribution in [0.3, 0.4) is 0 Å². The summed E-state index contributed by atoms with van der Waals surface area (Å²) in [6.45, 7) is 4.37. The lowest BCUT2D eigenvalue weighted by Crippen LogP contribution is -2.38. The first kappa shape index (κ1) is 7.07. The molecule has 0 aromatic rings. The average molecular weight is 166 g/mol. The molecule has 0 saturated heterocycles. The second kappa shape index (κ2) is 1.50. The van der Waals surface area contributed by atoms with Crippen LogP contribution in [0.4, 0.5) is 0 Å². The van der Waals surface area contributed by atoms with Crippen molar-refractivity contribution < 1.29 is 9.90 Å². The number of carbonyl (C=O) groups excluding carboxylic acids is 1. The number of Topliss-reactive ketones (excluding diaryl/α,β-unsaturated/α-hetero) is 1. The minimum atomic E-state index is -0.340. The van der Waals surface area contributed by atoms with E-state index in [1.54, 1.807) is 0 Å². The van der Waals surface area contributed by atoms with Crippen molar-refractivity contribution in [1.29, 1.82) is 0 Å². The lowest BCUT2D eigenvalue weighted by atomic mass is 9.69. The van der Waals surface area contributed by atoms with E-state index in [9.17, 15) is 9.90 Å². The van der Waals surface area contributed by atoms with E-state index in [0.717, 1.165) is 6.42 Å². The van der Waals surface area contributed by atoms with Gasteiger partial charge in [-0.25, -0.2) is 0 Å². The zero-order valence-electron chi connectivity index (χ0n) is 7.50. The number of rotatable bonds is 1. The zero-order valence-corrected chi connectivity index (χ0v) is 7.50. The van der Waals surface area contributed by atoms with E-state index >= 15 is 0 Å². The van der Waals surface area contributed by atoms with Crippen LogP contribution in [0.15, 0.2) is 0 Å². The maximum atomic E-state index is 11.8. The fourth-order valence-corrected chi connectivity index (χ4v) is 4.04. The summed E-state index contributed by atoms with van der Waals surface area (Å²) in [4.78, 5) is 11.8. The molecular weight excluding hydrogens is 152 g/mol. The number of aliphatic hydroxyl groups is 1. The molecule has 2 heteroatoms. The molecular formula is C10H14O2. The third kappa shape index (κ3) is 0.395. The van der Waals surface area contributed by atoms with Crippen LogP contribution in [-0.2, 0) is 4.79 Å². The lowest BCUT2D eigenvalue weighted by Gasteiger charge is -2.34. The summed E-state index contributed by atoms with van der Waals surface area (Å²) >= 11 is 0. The van der Waals surface area contributed by atoms with Crippen molar-refractivity contribution in [3.63, 3.8) is 0 Å². The molecule has 4 bridgehead atoms. The molecule has 4 saturated carbocycles. The van der Waals surface area contributed by atoms with Gasteiger partial charge in [0.05, 0.1) is 12.0 Å². The Bertz CT molecular complexity index is 282. The van der Waals surface area contributed by atoms with Gasteiger partial charge in [-0.05, 0) is 23.7 Å². The van der Waals surface area contributed by atoms with Gasteiger partial charge >= 0.3 is 0 Å². The van der Waals surface area contributed by atoms with Crippen LogP contribution in [0, 0.1) is 28.6 Å². The lowest BCUT2D eigenvalue weighted by molar-refractivity contribution is -0.131. The summed E-state index contributed by atoms with van der Waals surface area (Å²) in [5.41, 5.74) is -0.263. The Balaban J connectivity index is 2.18. The molecule has 0 spiro atoms. The first-order valence-electron chi connectivity index (χ1n) is 4.71. The quantitative estimate of drug-likeness (QED) is 0.626. The normalized spacial score (nSPS) is 57.9. The third-order valence-electron chi connectivity index (χ3n) is 4.86. The molecule has 4 rings (SSSR count). The van der Waals surface area contributed by atoms with Crippen molar-refractivity contribution in [2.75, 3.05) is 6.61 Å². The number of ketones is 1. The molecule has 4 fully saturated rings. The van der Waals surface area contributed by atoms with Gasteiger partial charge in [0.25, 0.3) is 0 Å². The molecule has 66 valence electrons. The molecule has 0 aliphatic heterocycles. The van der Waals surface area contributed by atoms with Crippen molar-refractivity contribution in [3.8, 4) is 0 Å². The second-order valence-corrected chi connectivity index (χ2v) is 5.25. The summed E-state index contributed by atoms with van der Waals surface area (Å²) in [5.74, 6) is 1.95. The molecule has 4 atom stereocenters. The summed E-state index contributed by atoms with van der Waals surface area (Å²) in [5, 5.41) is 9.34. The van der Waals surface area contributed by atoms with Crippen molar-refractivity contribution in [2.45, 2.75) is 20.3 Å². The van der Waals surface area contributed by atoms with Crippen LogP contribution in [0.2, 0.25) is 0 Å². The maximum absolute atomic E-state index is 11.8. The minimum Gasteiger partial charge on any atom is -0.395 e. The Kier molecular flexibility index (Phi) is 0.885. The van der Waals surface area contributed by atoms with Crippen molar-refractivity contribution >= 4 is 5.78 Å². The van der Waals surface area contributed by atoms with Gasteiger partial charge in [0.2, 0.25) is 0 Å². The van der Waals surface area contributed by atoms with E-state index in [-0.39, 0.29) is 17.4 Å². The molecule has 12 heavy (non-hydrogen) atoms. The third-order valence-corrected chi connectivity index (χ3v) is 4.86. The fourth-order valence-electron chi connectivity index (χ4n) is 4.04. The standard InChI is InChI=1S/C10H14O2/c1-9(2)7-5-3-10(9,4-11)8(12)6(5)7/h5-7,11H,3-4H2,1-2H3/t5-,6?,7+,10-/m0/s1. The fraction of sp³-hybridized carbons (Fsp3) is 0.900. The molecule has 2 nitrogen and oxygen atoms in total. The molecule has 0 aromatic carbocycles. The van der Waals surface area contributed by atoms with Gasteiger partial charge in [-0.15, -0.1) is 0 Å². The topological polar surface area (TPSA) is 37.3 Å². The molecule has 4 aliphatic rings. The van der Waals surface area contributed by atoms with E-state index in [1.165, 1.54) is 0 Å². The molecule has 4 aliphatic carbocycles. The molecule has 0 heterocycles. The summed E-state index contributed by atoms with van der Waals surface area (Å²) in [7, 11) is 0. The van der Waals surface area contributed by atoms with Gasteiger partial charge in [-0.2, -0.15) is 0 Å². The summed E-state index contributed by atoms with van der Waals surface area (Å²) < 4.78 is 0. The van der Waals surface area contributed by atoms with Crippen molar-refractivity contribution in [2.24, 2.45) is 28.6 Å². The van der Waals surface area contributed by atoms with Gasteiger partial charge in [0.15, 0.2) is 0 Å². The Hall–Kier alpha value is -0.370. The van der Waals surface area contributed by atoms with E-state index in [0.29, 0.717) is 23.5 Å². The Labute approximate surface area is 72.0 Å². The van der Waals surface area contributed by atoms with E-state index in [4.69, 9.17) is 0 Å². The number of carbonyl (C=O) groups is 1. The predicted molar refractivity (Wildman–Crippen MR) is 43.4 cm³/mol. The first-order chi connectivity index (χ1) is 5.56. The highest BCUT2D eigenvalue weighted by molar-refractivity contribution is 5.97. The second-order valence-electron chi connectivity index (χ2n) is 5.25. The van der Waals surface area contributed by atoms with Crippen LogP contribution in [0.1, 0.15) is 20.3 Å². The SMILES string of the molecule is CC1(C)[C@H]2C3C(=O)[C@@]1(CO)C[C@@H]32. The molecule has 0 aromatic heterocycles. The van der Waals surface area contributed by atoms with Crippen molar-refractivity contribution in [3.05, 3.63) is 0 Å². The Morgan fingerprint density at radius 3 is 2.42 bits per heavy atom. The highest BCUT2D eigenvalue weighted by Crippen LogP contribution is 2.81. The van der Waals surface area contributed by atoms with E-state index < -0.39 is 0 Å². The number of aliphatic hydroxyl groups excluding tert-OH is 1. The molecule has 1 unspecified atom stereocenters. The highest BCUT2D eigenvalue weighted by atomic mass is 16.3. The van der Waals surface area contributed by atoms with Crippen LogP contribution >= 0.6 is 0 Å². The van der Waals surface area contributed by atoms with Gasteiger partial charge in [0.1, 0.15) is 5.78 Å². The van der Waals surface area contributed by atoms with Crippen LogP contribution < -0.4 is 0 Å². The summed E-state index contributed by atoms with van der Waals surface area (Å²) in [6, 6.07) is 0. The molecule has 1 N–H and O–H groups in total. The van der Waals surface area contributed by atoms with Gasteiger partial charge in [0, 0.05) is 5.92 Å². The minimum absolute atomic E-state index is 0.0718. The smallest absolute Gasteiger partial charge is 0.145 e. The number of hydrogen-bond acceptors (Lipinski definition) is 2. The first-order valence-corrected chi connectivity index (χ1v) is 4.71. The van der Waals surface area contributed by atoms with Crippen LogP contribution in [0.5, 0.6) is 0 Å². The van der Waals surface area contributed by atoms with Gasteiger partial charge < -0.3 is 5.11 Å². The van der Waals surface area contributed by atoms with Crippen LogP contribution in [-0.4, -0.2) is 17.5 Å². The number of hydrogen-bond donors (Lipinski definition) is 1. The van der Waals surface area contributed by atoms with Gasteiger partial charge in [-0.3, -0.25) is 4.79 Å². The van der Waals surface area contributed by atoms with E-state index in [2.05, 4.69) is 13.8 Å². The van der Waals surface area contributed by atoms with Crippen LogP contribution in [0.25, 0.3) is 0 Å². The predicted octanol–water partition coefficient (Wildman–Crippen LogP) is 0.840. The van der Waals surface area contributed by atoms with Crippen molar-refractivity contribution in [1.82, 2.24) is 0 Å². The Morgan fingerprint density at radius 2 is 2.25 bits per heavy atom. The van der Waals surface area contributed by atoms with Gasteiger partial charge in [-0.1, -0.05) is 13.8 Å². The molecule has 0 amide bonds. The highest BCUT2D eigenvalue weighted by Gasteiger charge is 2.83. The summed E-state index contributed by atoms with van der Waals surface area (Å²) in [6.07, 6.45) is 0.963. The van der Waals surface area contributed by atoms with E-state index in [1.807, 2.05) is 0 Å². The largest absolute Gasteiger partial charge is 0.395 e. The average Bonchev–Trinajstić information content (AvgIpc) is 2.53.